The average Bonchev–Trinajstić information content (AvgIpc) is 3.11. The number of carbonyl (C=O) groups is 3. The molecule has 146 valence electrons. The Hall–Kier alpha value is -3.03. The van der Waals surface area contributed by atoms with E-state index in [-0.39, 0.29) is 31.2 Å². The topological polar surface area (TPSA) is 103 Å². The van der Waals surface area contributed by atoms with Crippen LogP contribution in [0.15, 0.2) is 29.8 Å². The molecule has 0 spiro atoms. The Morgan fingerprint density at radius 2 is 1.78 bits per heavy atom. The summed E-state index contributed by atoms with van der Waals surface area (Å²) in [4.78, 5) is 34.6. The Morgan fingerprint density at radius 1 is 1.07 bits per heavy atom. The maximum atomic E-state index is 12.1. The quantitative estimate of drug-likeness (QED) is 0.385. The summed E-state index contributed by atoms with van der Waals surface area (Å²) in [6, 6.07) is 5.06. The van der Waals surface area contributed by atoms with E-state index in [0.29, 0.717) is 35.7 Å². The second kappa shape index (κ2) is 10.2. The molecule has 1 aromatic carbocycles. The van der Waals surface area contributed by atoms with E-state index in [0.717, 1.165) is 12.8 Å². The molecule has 1 heterocycles. The fourth-order valence-corrected chi connectivity index (χ4v) is 2.31. The van der Waals surface area contributed by atoms with Crippen LogP contribution in [0.25, 0.3) is 0 Å². The van der Waals surface area contributed by atoms with E-state index < -0.39 is 0 Å². The molecule has 2 amide bonds. The van der Waals surface area contributed by atoms with Crippen molar-refractivity contribution < 1.29 is 28.6 Å². The van der Waals surface area contributed by atoms with E-state index in [4.69, 9.17) is 14.2 Å². The third-order valence-electron chi connectivity index (χ3n) is 3.84. The van der Waals surface area contributed by atoms with Crippen LogP contribution in [0.2, 0.25) is 0 Å². The molecule has 2 N–H and O–H groups in total. The fourth-order valence-electron chi connectivity index (χ4n) is 2.31. The van der Waals surface area contributed by atoms with Crippen LogP contribution < -0.4 is 20.1 Å². The summed E-state index contributed by atoms with van der Waals surface area (Å²) in [5, 5.41) is 5.61. The number of ether oxygens (including phenoxy) is 3. The molecule has 0 saturated heterocycles. The normalized spacial score (nSPS) is 12.4. The molecule has 0 saturated carbocycles. The van der Waals surface area contributed by atoms with Gasteiger partial charge in [0.15, 0.2) is 11.5 Å². The highest BCUT2D eigenvalue weighted by molar-refractivity contribution is 5.95. The van der Waals surface area contributed by atoms with Gasteiger partial charge < -0.3 is 24.8 Å². The lowest BCUT2D eigenvalue weighted by Gasteiger charge is -2.07. The van der Waals surface area contributed by atoms with E-state index in [9.17, 15) is 14.4 Å². The van der Waals surface area contributed by atoms with Crippen LogP contribution >= 0.6 is 0 Å². The fraction of sp³-hybridized carbons (Fsp3) is 0.421. The summed E-state index contributed by atoms with van der Waals surface area (Å²) in [6.45, 7) is 4.23. The first-order valence-electron chi connectivity index (χ1n) is 8.73. The Labute approximate surface area is 157 Å². The minimum Gasteiger partial charge on any atom is -0.462 e. The summed E-state index contributed by atoms with van der Waals surface area (Å²) in [6.07, 6.45) is 3.01. The van der Waals surface area contributed by atoms with Crippen molar-refractivity contribution in [2.45, 2.75) is 26.7 Å². The zero-order valence-electron chi connectivity index (χ0n) is 15.5. The second-order valence-corrected chi connectivity index (χ2v) is 5.98. The molecule has 1 aliphatic heterocycles. The van der Waals surface area contributed by atoms with Gasteiger partial charge in [-0.05, 0) is 44.0 Å². The molecular weight excluding hydrogens is 352 g/mol. The summed E-state index contributed by atoms with van der Waals surface area (Å²) in [7, 11) is 0. The molecule has 8 heteroatoms. The predicted molar refractivity (Wildman–Crippen MR) is 97.5 cm³/mol. The SMILES string of the molecule is CC(=O)OC/C=C(\C)C(=O)NCCCCNC(=O)c1ccc2c(c1)OCO2. The van der Waals surface area contributed by atoms with Crippen molar-refractivity contribution in [2.75, 3.05) is 26.5 Å². The molecule has 27 heavy (non-hydrogen) atoms. The second-order valence-electron chi connectivity index (χ2n) is 5.98. The van der Waals surface area contributed by atoms with Crippen LogP contribution in [-0.2, 0) is 14.3 Å². The number of benzene rings is 1. The van der Waals surface area contributed by atoms with Crippen molar-refractivity contribution in [3.05, 3.63) is 35.4 Å². The molecule has 2 rings (SSSR count). The number of nitrogens with one attached hydrogen (secondary N) is 2. The minimum atomic E-state index is -0.387. The lowest BCUT2D eigenvalue weighted by Crippen LogP contribution is -2.27. The standard InChI is InChI=1S/C19H24N2O6/c1-13(7-10-25-14(2)22)18(23)20-8-3-4-9-21-19(24)15-5-6-16-17(11-15)27-12-26-16/h5-7,11H,3-4,8-10,12H2,1-2H3,(H,20,23)(H,21,24)/b13-7+. The van der Waals surface area contributed by atoms with Gasteiger partial charge in [-0.3, -0.25) is 14.4 Å². The molecule has 0 bridgehead atoms. The Balaban J connectivity index is 1.59. The van der Waals surface area contributed by atoms with Gasteiger partial charge in [0.25, 0.3) is 5.91 Å². The van der Waals surface area contributed by atoms with Gasteiger partial charge in [0.2, 0.25) is 12.7 Å². The van der Waals surface area contributed by atoms with Gasteiger partial charge in [0, 0.05) is 31.1 Å². The molecule has 0 unspecified atom stereocenters. The van der Waals surface area contributed by atoms with Crippen LogP contribution in [-0.4, -0.2) is 44.3 Å². The first-order valence-corrected chi connectivity index (χ1v) is 8.73. The third-order valence-corrected chi connectivity index (χ3v) is 3.84. The van der Waals surface area contributed by atoms with Crippen molar-refractivity contribution in [3.63, 3.8) is 0 Å². The molecule has 1 aromatic rings. The molecule has 0 radical (unpaired) electrons. The highest BCUT2D eigenvalue weighted by Gasteiger charge is 2.15. The van der Waals surface area contributed by atoms with Crippen molar-refractivity contribution in [2.24, 2.45) is 0 Å². The minimum absolute atomic E-state index is 0.0838. The van der Waals surface area contributed by atoms with Gasteiger partial charge in [-0.2, -0.15) is 0 Å². The first-order chi connectivity index (χ1) is 13.0. The van der Waals surface area contributed by atoms with Crippen LogP contribution in [0.4, 0.5) is 0 Å². The molecule has 0 atom stereocenters. The van der Waals surface area contributed by atoms with Gasteiger partial charge in [-0.15, -0.1) is 0 Å². The van der Waals surface area contributed by atoms with E-state index in [1.165, 1.54) is 6.92 Å². The van der Waals surface area contributed by atoms with Gasteiger partial charge in [-0.1, -0.05) is 0 Å². The lowest BCUT2D eigenvalue weighted by molar-refractivity contribution is -0.139. The number of carbonyl (C=O) groups excluding carboxylic acids is 3. The van der Waals surface area contributed by atoms with Crippen molar-refractivity contribution in [3.8, 4) is 11.5 Å². The van der Waals surface area contributed by atoms with Crippen molar-refractivity contribution in [1.29, 1.82) is 0 Å². The largest absolute Gasteiger partial charge is 0.462 e. The van der Waals surface area contributed by atoms with Crippen LogP contribution in [0.5, 0.6) is 11.5 Å². The van der Waals surface area contributed by atoms with Crippen molar-refractivity contribution in [1.82, 2.24) is 10.6 Å². The highest BCUT2D eigenvalue weighted by atomic mass is 16.7. The molecule has 0 aliphatic carbocycles. The number of fused-ring (bicyclic) bond motifs is 1. The maximum absolute atomic E-state index is 12.1. The van der Waals surface area contributed by atoms with Gasteiger partial charge >= 0.3 is 5.97 Å². The van der Waals surface area contributed by atoms with Gasteiger partial charge in [-0.25, -0.2) is 0 Å². The van der Waals surface area contributed by atoms with Gasteiger partial charge in [0.05, 0.1) is 0 Å². The average molecular weight is 376 g/mol. The number of unbranched alkanes of at least 4 members (excludes halogenated alkanes) is 1. The summed E-state index contributed by atoms with van der Waals surface area (Å²) >= 11 is 0. The Morgan fingerprint density at radius 3 is 2.52 bits per heavy atom. The van der Waals surface area contributed by atoms with E-state index in [1.54, 1.807) is 31.2 Å². The summed E-state index contributed by atoms with van der Waals surface area (Å²) in [5.41, 5.74) is 1.01. The number of hydrogen-bond acceptors (Lipinski definition) is 6. The molecular formula is C19H24N2O6. The predicted octanol–water partition coefficient (Wildman–Crippen LogP) is 1.55. The number of hydrogen-bond donors (Lipinski definition) is 2. The smallest absolute Gasteiger partial charge is 0.302 e. The zero-order chi connectivity index (χ0) is 19.6. The molecule has 0 fully saturated rings. The Bertz CT molecular complexity index is 729. The zero-order valence-corrected chi connectivity index (χ0v) is 15.5. The van der Waals surface area contributed by atoms with E-state index in [1.807, 2.05) is 0 Å². The third kappa shape index (κ3) is 6.65. The highest BCUT2D eigenvalue weighted by Crippen LogP contribution is 2.32. The number of rotatable bonds is 9. The number of amides is 2. The van der Waals surface area contributed by atoms with E-state index >= 15 is 0 Å². The summed E-state index contributed by atoms with van der Waals surface area (Å²) in [5.74, 6) is 0.442. The maximum Gasteiger partial charge on any atom is 0.302 e. The van der Waals surface area contributed by atoms with E-state index in [2.05, 4.69) is 10.6 Å². The molecule has 1 aliphatic rings. The van der Waals surface area contributed by atoms with Crippen LogP contribution in [0.1, 0.15) is 37.0 Å². The molecule has 8 nitrogen and oxygen atoms in total. The monoisotopic (exact) mass is 376 g/mol. The first kappa shape index (κ1) is 20.3. The lowest BCUT2D eigenvalue weighted by atomic mass is 10.2. The van der Waals surface area contributed by atoms with Crippen molar-refractivity contribution >= 4 is 17.8 Å². The van der Waals surface area contributed by atoms with Gasteiger partial charge in [0.1, 0.15) is 6.61 Å². The van der Waals surface area contributed by atoms with Crippen LogP contribution in [0.3, 0.4) is 0 Å². The molecule has 0 aromatic heterocycles. The summed E-state index contributed by atoms with van der Waals surface area (Å²) < 4.78 is 15.2. The van der Waals surface area contributed by atoms with Crippen LogP contribution in [0, 0.1) is 0 Å². The number of esters is 1. The Kier molecular flexibility index (Phi) is 7.66.